The second kappa shape index (κ2) is 4.83. The van der Waals surface area contributed by atoms with Crippen molar-refractivity contribution in [3.05, 3.63) is 59.2 Å². The van der Waals surface area contributed by atoms with Gasteiger partial charge < -0.3 is 14.8 Å². The van der Waals surface area contributed by atoms with Gasteiger partial charge in [-0.25, -0.2) is 0 Å². The molecule has 4 heteroatoms. The van der Waals surface area contributed by atoms with Crippen molar-refractivity contribution in [2.75, 3.05) is 5.32 Å². The van der Waals surface area contributed by atoms with Crippen LogP contribution in [0.5, 0.6) is 5.75 Å². The van der Waals surface area contributed by atoms with Crippen molar-refractivity contribution in [1.82, 2.24) is 0 Å². The molecule has 4 nitrogen and oxygen atoms in total. The number of nitrogens with one attached hydrogen (secondary N) is 1. The van der Waals surface area contributed by atoms with Gasteiger partial charge in [0, 0.05) is 16.8 Å². The molecule has 2 aliphatic rings. The Labute approximate surface area is 135 Å². The molecule has 2 aromatic rings. The minimum Gasteiger partial charge on any atom is -0.485 e. The summed E-state index contributed by atoms with van der Waals surface area (Å²) in [7, 11) is 0. The van der Waals surface area contributed by atoms with E-state index >= 15 is 0 Å². The van der Waals surface area contributed by atoms with Crippen LogP contribution in [0.15, 0.2) is 42.5 Å². The largest absolute Gasteiger partial charge is 0.485 e. The Balaban J connectivity index is 1.64. The number of epoxide rings is 1. The van der Waals surface area contributed by atoms with Gasteiger partial charge in [0.25, 0.3) is 5.91 Å². The fraction of sp³-hybridized carbons (Fsp3) is 0.316. The van der Waals surface area contributed by atoms with Crippen LogP contribution in [-0.2, 0) is 4.74 Å². The third-order valence-corrected chi connectivity index (χ3v) is 4.50. The lowest BCUT2D eigenvalue weighted by Crippen LogP contribution is -2.37. The molecule has 23 heavy (non-hydrogen) atoms. The Morgan fingerprint density at radius 2 is 1.91 bits per heavy atom. The van der Waals surface area contributed by atoms with Crippen LogP contribution >= 0.6 is 0 Å². The summed E-state index contributed by atoms with van der Waals surface area (Å²) < 4.78 is 11.8. The molecule has 2 unspecified atom stereocenters. The fourth-order valence-corrected chi connectivity index (χ4v) is 3.15. The monoisotopic (exact) mass is 309 g/mol. The summed E-state index contributed by atoms with van der Waals surface area (Å²) in [6.45, 7) is 6.05. The Bertz CT molecular complexity index is 783. The Morgan fingerprint density at radius 3 is 2.65 bits per heavy atom. The van der Waals surface area contributed by atoms with E-state index in [4.69, 9.17) is 9.47 Å². The number of hydrogen-bond acceptors (Lipinski definition) is 3. The quantitative estimate of drug-likeness (QED) is 0.857. The van der Waals surface area contributed by atoms with Gasteiger partial charge in [-0.15, -0.1) is 0 Å². The summed E-state index contributed by atoms with van der Waals surface area (Å²) in [6, 6.07) is 13.2. The number of aryl methyl sites for hydroxylation is 1. The summed E-state index contributed by atoms with van der Waals surface area (Å²) in [4.78, 5) is 12.4. The number of benzene rings is 2. The zero-order valence-electron chi connectivity index (χ0n) is 13.4. The van der Waals surface area contributed by atoms with E-state index in [1.807, 2.05) is 51.1 Å². The SMILES string of the molecule is Cc1cc2c(cc1NC(=O)c1ccccc1)C1OC1C(C)(C)O2. The van der Waals surface area contributed by atoms with Crippen molar-refractivity contribution in [3.8, 4) is 5.75 Å². The van der Waals surface area contributed by atoms with Crippen molar-refractivity contribution in [2.45, 2.75) is 38.6 Å². The Kier molecular flexibility index (Phi) is 3.00. The predicted octanol–water partition coefficient (Wildman–Crippen LogP) is 3.86. The molecule has 1 saturated heterocycles. The van der Waals surface area contributed by atoms with Crippen molar-refractivity contribution >= 4 is 11.6 Å². The topological polar surface area (TPSA) is 50.9 Å². The van der Waals surface area contributed by atoms with Crippen molar-refractivity contribution in [1.29, 1.82) is 0 Å². The average molecular weight is 309 g/mol. The van der Waals surface area contributed by atoms with Gasteiger partial charge in [-0.05, 0) is 50.6 Å². The number of rotatable bonds is 2. The zero-order valence-corrected chi connectivity index (χ0v) is 13.4. The second-order valence-electron chi connectivity index (χ2n) is 6.71. The molecule has 1 N–H and O–H groups in total. The van der Waals surface area contributed by atoms with Crippen LogP contribution in [0.2, 0.25) is 0 Å². The first-order chi connectivity index (χ1) is 11.0. The van der Waals surface area contributed by atoms with E-state index in [0.717, 1.165) is 22.6 Å². The summed E-state index contributed by atoms with van der Waals surface area (Å²) >= 11 is 0. The van der Waals surface area contributed by atoms with Crippen molar-refractivity contribution < 1.29 is 14.3 Å². The maximum atomic E-state index is 12.4. The number of fused-ring (bicyclic) bond motifs is 3. The van der Waals surface area contributed by atoms with Gasteiger partial charge in [0.1, 0.15) is 23.6 Å². The van der Waals surface area contributed by atoms with Gasteiger partial charge in [0.2, 0.25) is 0 Å². The minimum absolute atomic E-state index is 0.0710. The van der Waals surface area contributed by atoms with Crippen LogP contribution in [0.1, 0.15) is 41.4 Å². The van der Waals surface area contributed by atoms with Crippen LogP contribution in [0.4, 0.5) is 5.69 Å². The van der Waals surface area contributed by atoms with Crippen LogP contribution in [-0.4, -0.2) is 17.6 Å². The van der Waals surface area contributed by atoms with Crippen LogP contribution in [0.3, 0.4) is 0 Å². The molecule has 1 fully saturated rings. The Morgan fingerprint density at radius 1 is 1.17 bits per heavy atom. The van der Waals surface area contributed by atoms with Crippen LogP contribution < -0.4 is 10.1 Å². The van der Waals surface area contributed by atoms with Gasteiger partial charge >= 0.3 is 0 Å². The van der Waals surface area contributed by atoms with Crippen LogP contribution in [0, 0.1) is 6.92 Å². The normalized spacial score (nSPS) is 23.3. The molecule has 0 aromatic heterocycles. The van der Waals surface area contributed by atoms with E-state index in [2.05, 4.69) is 5.32 Å². The highest BCUT2D eigenvalue weighted by atomic mass is 16.6. The van der Waals surface area contributed by atoms with Gasteiger partial charge in [0.05, 0.1) is 0 Å². The molecule has 0 radical (unpaired) electrons. The van der Waals surface area contributed by atoms with Gasteiger partial charge in [0.15, 0.2) is 0 Å². The fourth-order valence-electron chi connectivity index (χ4n) is 3.15. The lowest BCUT2D eigenvalue weighted by Gasteiger charge is -2.30. The molecule has 2 heterocycles. The maximum Gasteiger partial charge on any atom is 0.255 e. The predicted molar refractivity (Wildman–Crippen MR) is 87.9 cm³/mol. The number of amides is 1. The first-order valence-corrected chi connectivity index (χ1v) is 7.81. The number of anilines is 1. The number of carbonyl (C=O) groups is 1. The summed E-state index contributed by atoms with van der Waals surface area (Å²) in [6.07, 6.45) is 0.164. The van der Waals surface area contributed by atoms with Gasteiger partial charge in [-0.1, -0.05) is 18.2 Å². The second-order valence-corrected chi connectivity index (χ2v) is 6.71. The van der Waals surface area contributed by atoms with Crippen molar-refractivity contribution in [3.63, 3.8) is 0 Å². The van der Waals surface area contributed by atoms with E-state index in [0.29, 0.717) is 5.56 Å². The first-order valence-electron chi connectivity index (χ1n) is 7.81. The van der Waals surface area contributed by atoms with Gasteiger partial charge in [-0.3, -0.25) is 4.79 Å². The number of ether oxygens (including phenoxy) is 2. The molecule has 118 valence electrons. The first kappa shape index (κ1) is 14.3. The number of carbonyl (C=O) groups excluding carboxylic acids is 1. The van der Waals surface area contributed by atoms with Gasteiger partial charge in [-0.2, -0.15) is 0 Å². The lowest BCUT2D eigenvalue weighted by atomic mass is 9.93. The number of hydrogen-bond donors (Lipinski definition) is 1. The smallest absolute Gasteiger partial charge is 0.255 e. The van der Waals surface area contributed by atoms with E-state index in [1.165, 1.54) is 0 Å². The molecule has 0 saturated carbocycles. The highest BCUT2D eigenvalue weighted by molar-refractivity contribution is 6.04. The van der Waals surface area contributed by atoms with Crippen LogP contribution in [0.25, 0.3) is 0 Å². The molecule has 0 aliphatic carbocycles. The van der Waals surface area contributed by atoms with E-state index < -0.39 is 0 Å². The maximum absolute atomic E-state index is 12.4. The Hall–Kier alpha value is -2.33. The third kappa shape index (κ3) is 2.39. The third-order valence-electron chi connectivity index (χ3n) is 4.50. The highest BCUT2D eigenvalue weighted by Crippen LogP contribution is 2.54. The summed E-state index contributed by atoms with van der Waals surface area (Å²) in [5, 5.41) is 2.99. The summed E-state index contributed by atoms with van der Waals surface area (Å²) in [5.41, 5.74) is 3.13. The highest BCUT2D eigenvalue weighted by Gasteiger charge is 2.56. The molecule has 2 atom stereocenters. The molecular weight excluding hydrogens is 290 g/mol. The minimum atomic E-state index is -0.307. The average Bonchev–Trinajstić information content (AvgIpc) is 3.31. The molecule has 4 rings (SSSR count). The molecule has 2 aromatic carbocycles. The standard InChI is InChI=1S/C19H19NO3/c1-11-9-15-13(16-17(22-16)19(2,3)23-15)10-14(11)20-18(21)12-7-5-4-6-8-12/h4-10,16-17H,1-3H3,(H,20,21). The van der Waals surface area contributed by atoms with E-state index in [9.17, 15) is 4.79 Å². The molecule has 0 spiro atoms. The molecular formula is C19H19NO3. The molecule has 0 bridgehead atoms. The molecule has 1 amide bonds. The zero-order chi connectivity index (χ0) is 16.2. The van der Waals surface area contributed by atoms with E-state index in [-0.39, 0.29) is 23.7 Å². The summed E-state index contributed by atoms with van der Waals surface area (Å²) in [5.74, 6) is 0.739. The lowest BCUT2D eigenvalue weighted by molar-refractivity contribution is 0.0725. The van der Waals surface area contributed by atoms with Crippen molar-refractivity contribution in [2.24, 2.45) is 0 Å². The molecule has 2 aliphatic heterocycles. The van der Waals surface area contributed by atoms with E-state index in [1.54, 1.807) is 12.1 Å².